The van der Waals surface area contributed by atoms with E-state index in [1.54, 1.807) is 0 Å². The number of anilines is 1. The molecule has 29 heavy (non-hydrogen) atoms. The highest BCUT2D eigenvalue weighted by Gasteiger charge is 2.27. The summed E-state index contributed by atoms with van der Waals surface area (Å²) in [4.78, 5) is 9.96. The first-order chi connectivity index (χ1) is 14.3. The molecule has 158 valence electrons. The summed E-state index contributed by atoms with van der Waals surface area (Å²) in [6.45, 7) is 8.25. The van der Waals surface area contributed by atoms with Gasteiger partial charge in [-0.2, -0.15) is 0 Å². The minimum absolute atomic E-state index is 0.537. The summed E-state index contributed by atoms with van der Waals surface area (Å²) in [5.74, 6) is 0.958. The molecule has 2 aliphatic heterocycles. The van der Waals surface area contributed by atoms with Crippen LogP contribution in [0.25, 0.3) is 0 Å². The lowest BCUT2D eigenvalue weighted by molar-refractivity contribution is 0.150. The molecule has 0 atom stereocenters. The molecule has 0 amide bonds. The van der Waals surface area contributed by atoms with Gasteiger partial charge in [-0.25, -0.2) is 4.99 Å². The van der Waals surface area contributed by atoms with Crippen LogP contribution in [-0.4, -0.2) is 55.7 Å². The standard InChI is InChI=1S/C24H37N5/c1-2-25-24(27-21-13-17-29(18-14-21)22-7-3-4-8-22)26-19-20-9-11-23(12-10-20)28-15-5-6-16-28/h5-6,9-12,21-22H,2-4,7-8,13-19H2,1H3,(H2,25,26,27). The normalized spacial score (nSPS) is 21.8. The van der Waals surface area contributed by atoms with Crippen LogP contribution in [0.2, 0.25) is 0 Å². The van der Waals surface area contributed by atoms with Gasteiger partial charge in [0.05, 0.1) is 6.54 Å². The third-order valence-corrected chi connectivity index (χ3v) is 6.60. The second kappa shape index (κ2) is 10.1. The number of likely N-dealkylation sites (tertiary alicyclic amines) is 1. The largest absolute Gasteiger partial charge is 0.364 e. The fraction of sp³-hybridized carbons (Fsp3) is 0.625. The number of aliphatic imine (C=N–C) groups is 1. The molecule has 5 heteroatoms. The van der Waals surface area contributed by atoms with Gasteiger partial charge in [0.2, 0.25) is 0 Å². The van der Waals surface area contributed by atoms with Crippen molar-refractivity contribution < 1.29 is 0 Å². The summed E-state index contributed by atoms with van der Waals surface area (Å²) in [6.07, 6.45) is 12.6. The van der Waals surface area contributed by atoms with E-state index in [-0.39, 0.29) is 0 Å². The van der Waals surface area contributed by atoms with Crippen molar-refractivity contribution in [2.45, 2.75) is 64.1 Å². The third-order valence-electron chi connectivity index (χ3n) is 6.60. The van der Waals surface area contributed by atoms with Gasteiger partial charge < -0.3 is 20.4 Å². The molecule has 0 aromatic heterocycles. The van der Waals surface area contributed by atoms with Crippen LogP contribution in [0.15, 0.2) is 41.4 Å². The average molecular weight is 396 g/mol. The molecule has 5 nitrogen and oxygen atoms in total. The van der Waals surface area contributed by atoms with E-state index in [2.05, 4.69) is 63.8 Å². The zero-order valence-corrected chi connectivity index (χ0v) is 17.9. The number of hydrogen-bond acceptors (Lipinski definition) is 3. The molecule has 2 heterocycles. The molecule has 0 radical (unpaired) electrons. The lowest BCUT2D eigenvalue weighted by atomic mass is 10.0. The summed E-state index contributed by atoms with van der Waals surface area (Å²) < 4.78 is 0. The Bertz CT molecular complexity index is 674. The maximum Gasteiger partial charge on any atom is 0.191 e. The molecule has 1 saturated heterocycles. The van der Waals surface area contributed by atoms with E-state index in [1.807, 2.05) is 0 Å². The Balaban J connectivity index is 1.27. The van der Waals surface area contributed by atoms with E-state index in [9.17, 15) is 0 Å². The van der Waals surface area contributed by atoms with Crippen molar-refractivity contribution in [1.82, 2.24) is 15.5 Å². The number of guanidine groups is 1. The van der Waals surface area contributed by atoms with Gasteiger partial charge in [-0.3, -0.25) is 0 Å². The number of nitrogens with one attached hydrogen (secondary N) is 2. The van der Waals surface area contributed by atoms with E-state index in [1.165, 1.54) is 62.9 Å². The monoisotopic (exact) mass is 395 g/mol. The number of nitrogens with zero attached hydrogens (tertiary/aromatic N) is 3. The molecule has 2 N–H and O–H groups in total. The van der Waals surface area contributed by atoms with Crippen molar-refractivity contribution in [3.8, 4) is 0 Å². The van der Waals surface area contributed by atoms with Gasteiger partial charge in [0, 0.05) is 50.5 Å². The maximum absolute atomic E-state index is 4.86. The van der Waals surface area contributed by atoms with Crippen LogP contribution in [0.4, 0.5) is 5.69 Å². The number of hydrogen-bond donors (Lipinski definition) is 2. The van der Waals surface area contributed by atoms with Crippen LogP contribution < -0.4 is 15.5 Å². The molecule has 2 fully saturated rings. The van der Waals surface area contributed by atoms with Gasteiger partial charge in [-0.05, 0) is 50.3 Å². The topological polar surface area (TPSA) is 42.9 Å². The first kappa shape index (κ1) is 20.3. The Morgan fingerprint density at radius 3 is 2.34 bits per heavy atom. The van der Waals surface area contributed by atoms with Crippen LogP contribution >= 0.6 is 0 Å². The molecular weight excluding hydrogens is 358 g/mol. The number of rotatable bonds is 6. The highest BCUT2D eigenvalue weighted by atomic mass is 15.2. The summed E-state index contributed by atoms with van der Waals surface area (Å²) in [7, 11) is 0. The zero-order valence-electron chi connectivity index (χ0n) is 17.9. The number of benzene rings is 1. The predicted molar refractivity (Wildman–Crippen MR) is 123 cm³/mol. The molecule has 1 aromatic rings. The summed E-state index contributed by atoms with van der Waals surface area (Å²) >= 11 is 0. The van der Waals surface area contributed by atoms with E-state index in [0.717, 1.165) is 38.2 Å². The summed E-state index contributed by atoms with van der Waals surface area (Å²) in [6, 6.07) is 10.3. The van der Waals surface area contributed by atoms with E-state index in [4.69, 9.17) is 4.99 Å². The van der Waals surface area contributed by atoms with E-state index >= 15 is 0 Å². The fourth-order valence-electron chi connectivity index (χ4n) is 4.86. The maximum atomic E-state index is 4.86. The van der Waals surface area contributed by atoms with Crippen LogP contribution in [0.5, 0.6) is 0 Å². The van der Waals surface area contributed by atoms with Crippen molar-refractivity contribution in [2.24, 2.45) is 4.99 Å². The smallest absolute Gasteiger partial charge is 0.191 e. The second-order valence-electron chi connectivity index (χ2n) is 8.63. The van der Waals surface area contributed by atoms with E-state index < -0.39 is 0 Å². The Morgan fingerprint density at radius 2 is 1.69 bits per heavy atom. The molecule has 1 aliphatic carbocycles. The fourth-order valence-corrected chi connectivity index (χ4v) is 4.86. The predicted octanol–water partition coefficient (Wildman–Crippen LogP) is 3.52. The van der Waals surface area contributed by atoms with Gasteiger partial charge in [0.15, 0.2) is 5.96 Å². The second-order valence-corrected chi connectivity index (χ2v) is 8.63. The van der Waals surface area contributed by atoms with Gasteiger partial charge in [-0.1, -0.05) is 37.1 Å². The molecule has 1 saturated carbocycles. The average Bonchev–Trinajstić information content (AvgIpc) is 3.47. The highest BCUT2D eigenvalue weighted by molar-refractivity contribution is 5.80. The summed E-state index contributed by atoms with van der Waals surface area (Å²) in [5.41, 5.74) is 2.55. The van der Waals surface area contributed by atoms with Crippen molar-refractivity contribution in [3.63, 3.8) is 0 Å². The first-order valence-corrected chi connectivity index (χ1v) is 11.6. The van der Waals surface area contributed by atoms with Crippen LogP contribution in [0.1, 0.15) is 51.0 Å². The zero-order chi connectivity index (χ0) is 19.9. The molecule has 0 bridgehead atoms. The lowest BCUT2D eigenvalue weighted by Crippen LogP contribution is -2.50. The highest BCUT2D eigenvalue weighted by Crippen LogP contribution is 2.26. The van der Waals surface area contributed by atoms with Gasteiger partial charge in [0.25, 0.3) is 0 Å². The Hall–Kier alpha value is -2.01. The molecule has 1 aromatic carbocycles. The van der Waals surface area contributed by atoms with Crippen molar-refractivity contribution in [1.29, 1.82) is 0 Å². The van der Waals surface area contributed by atoms with Crippen LogP contribution in [0.3, 0.4) is 0 Å². The Kier molecular flexibility index (Phi) is 7.09. The van der Waals surface area contributed by atoms with Gasteiger partial charge in [0.1, 0.15) is 0 Å². The lowest BCUT2D eigenvalue weighted by Gasteiger charge is -2.36. The van der Waals surface area contributed by atoms with Gasteiger partial charge >= 0.3 is 0 Å². The first-order valence-electron chi connectivity index (χ1n) is 11.6. The number of piperidine rings is 1. The van der Waals surface area contributed by atoms with Crippen LogP contribution in [-0.2, 0) is 6.54 Å². The SMILES string of the molecule is CCNC(=NCc1ccc(N2CC=CC2)cc1)NC1CCN(C2CCCC2)CC1. The summed E-state index contributed by atoms with van der Waals surface area (Å²) in [5, 5.41) is 7.12. The van der Waals surface area contributed by atoms with Crippen molar-refractivity contribution in [3.05, 3.63) is 42.0 Å². The Morgan fingerprint density at radius 1 is 1.00 bits per heavy atom. The van der Waals surface area contributed by atoms with Crippen molar-refractivity contribution >= 4 is 11.6 Å². The molecule has 0 spiro atoms. The molecule has 0 unspecified atom stereocenters. The van der Waals surface area contributed by atoms with Crippen molar-refractivity contribution in [2.75, 3.05) is 37.6 Å². The quantitative estimate of drug-likeness (QED) is 0.439. The van der Waals surface area contributed by atoms with Crippen LogP contribution in [0, 0.1) is 0 Å². The van der Waals surface area contributed by atoms with E-state index in [0.29, 0.717) is 6.04 Å². The van der Waals surface area contributed by atoms with Gasteiger partial charge in [-0.15, -0.1) is 0 Å². The molecule has 4 rings (SSSR count). The molecular formula is C24H37N5. The minimum Gasteiger partial charge on any atom is -0.364 e. The Labute approximate surface area is 176 Å². The minimum atomic E-state index is 0.537. The molecule has 3 aliphatic rings. The third kappa shape index (κ3) is 5.53.